The van der Waals surface area contributed by atoms with Crippen LogP contribution in [-0.2, 0) is 6.42 Å². The second-order valence-electron chi connectivity index (χ2n) is 5.11. The minimum Gasteiger partial charge on any atom is -0.370 e. The Hall–Kier alpha value is -2.18. The van der Waals surface area contributed by atoms with E-state index in [1.165, 1.54) is 6.39 Å². The van der Waals surface area contributed by atoms with Gasteiger partial charge in [0.15, 0.2) is 5.82 Å². The van der Waals surface area contributed by atoms with Gasteiger partial charge in [0.05, 0.1) is 0 Å². The van der Waals surface area contributed by atoms with Gasteiger partial charge in [-0.15, -0.1) is 0 Å². The molecule has 0 saturated carbocycles. The number of anilines is 2. The molecule has 0 atom stereocenters. The van der Waals surface area contributed by atoms with Crippen molar-refractivity contribution in [1.82, 2.24) is 20.1 Å². The summed E-state index contributed by atoms with van der Waals surface area (Å²) >= 11 is 0. The predicted octanol–water partition coefficient (Wildman–Crippen LogP) is 2.38. The summed E-state index contributed by atoms with van der Waals surface area (Å²) in [5.41, 5.74) is 1.02. The molecule has 0 amide bonds. The van der Waals surface area contributed by atoms with Crippen LogP contribution in [0.3, 0.4) is 0 Å². The summed E-state index contributed by atoms with van der Waals surface area (Å²) in [6.07, 6.45) is 2.03. The summed E-state index contributed by atoms with van der Waals surface area (Å²) in [6.45, 7) is 9.77. The zero-order chi connectivity index (χ0) is 15.2. The van der Waals surface area contributed by atoms with E-state index >= 15 is 0 Å². The molecule has 0 aliphatic heterocycles. The summed E-state index contributed by atoms with van der Waals surface area (Å²) in [5, 5.41) is 10.4. The van der Waals surface area contributed by atoms with Gasteiger partial charge in [0.25, 0.3) is 0 Å². The molecule has 0 unspecified atom stereocenters. The molecule has 2 heterocycles. The molecule has 0 fully saturated rings. The highest BCUT2D eigenvalue weighted by atomic mass is 16.5. The SMILES string of the molecule is CCNc1nc(C(C)C)nc(NCCc2ncon2)c1C. The van der Waals surface area contributed by atoms with Crippen molar-refractivity contribution in [2.45, 2.75) is 40.0 Å². The summed E-state index contributed by atoms with van der Waals surface area (Å²) in [5.74, 6) is 3.54. The predicted molar refractivity (Wildman–Crippen MR) is 81.5 cm³/mol. The first-order valence-electron chi connectivity index (χ1n) is 7.23. The van der Waals surface area contributed by atoms with Crippen LogP contribution in [-0.4, -0.2) is 33.2 Å². The summed E-state index contributed by atoms with van der Waals surface area (Å²) in [6, 6.07) is 0. The lowest BCUT2D eigenvalue weighted by atomic mass is 10.2. The van der Waals surface area contributed by atoms with Gasteiger partial charge in [-0.2, -0.15) is 4.98 Å². The third-order valence-corrected chi connectivity index (χ3v) is 3.07. The van der Waals surface area contributed by atoms with E-state index in [9.17, 15) is 0 Å². The number of rotatable bonds is 7. The van der Waals surface area contributed by atoms with E-state index in [2.05, 4.69) is 51.5 Å². The molecular formula is C14H22N6O. The van der Waals surface area contributed by atoms with E-state index in [0.717, 1.165) is 29.6 Å². The zero-order valence-electron chi connectivity index (χ0n) is 13.0. The molecule has 2 N–H and O–H groups in total. The fourth-order valence-electron chi connectivity index (χ4n) is 1.90. The molecular weight excluding hydrogens is 268 g/mol. The van der Waals surface area contributed by atoms with E-state index in [1.54, 1.807) is 0 Å². The molecule has 0 aliphatic carbocycles. The average Bonchev–Trinajstić information content (AvgIpc) is 2.96. The lowest BCUT2D eigenvalue weighted by Crippen LogP contribution is -2.14. The van der Waals surface area contributed by atoms with Crippen LogP contribution >= 0.6 is 0 Å². The van der Waals surface area contributed by atoms with Crippen molar-refractivity contribution in [3.63, 3.8) is 0 Å². The standard InChI is InChI=1S/C14H22N6O/c1-5-15-13-10(4)14(19-12(18-13)9(2)3)16-7-6-11-17-8-21-20-11/h8-9H,5-7H2,1-4H3,(H2,15,16,18,19). The van der Waals surface area contributed by atoms with Gasteiger partial charge in [-0.05, 0) is 13.8 Å². The fraction of sp³-hybridized carbons (Fsp3) is 0.571. The average molecular weight is 290 g/mol. The third kappa shape index (κ3) is 3.90. The summed E-state index contributed by atoms with van der Waals surface area (Å²) in [7, 11) is 0. The first-order chi connectivity index (χ1) is 10.1. The maximum absolute atomic E-state index is 4.72. The van der Waals surface area contributed by atoms with Crippen molar-refractivity contribution in [3.8, 4) is 0 Å². The number of nitrogens with zero attached hydrogens (tertiary/aromatic N) is 4. The highest BCUT2D eigenvalue weighted by Gasteiger charge is 2.12. The van der Waals surface area contributed by atoms with Crippen molar-refractivity contribution in [1.29, 1.82) is 0 Å². The van der Waals surface area contributed by atoms with E-state index in [0.29, 0.717) is 18.8 Å². The van der Waals surface area contributed by atoms with Crippen molar-refractivity contribution in [2.75, 3.05) is 23.7 Å². The molecule has 0 radical (unpaired) electrons. The van der Waals surface area contributed by atoms with E-state index < -0.39 is 0 Å². The van der Waals surface area contributed by atoms with Crippen LogP contribution in [0.1, 0.15) is 43.9 Å². The van der Waals surface area contributed by atoms with Crippen LogP contribution in [0.4, 0.5) is 11.6 Å². The van der Waals surface area contributed by atoms with E-state index in [1.807, 2.05) is 6.92 Å². The molecule has 0 spiro atoms. The van der Waals surface area contributed by atoms with Gasteiger partial charge in [0, 0.05) is 31.0 Å². The van der Waals surface area contributed by atoms with Crippen molar-refractivity contribution >= 4 is 11.6 Å². The minimum atomic E-state index is 0.278. The van der Waals surface area contributed by atoms with Crippen LogP contribution in [0.15, 0.2) is 10.9 Å². The highest BCUT2D eigenvalue weighted by Crippen LogP contribution is 2.22. The largest absolute Gasteiger partial charge is 0.370 e. The van der Waals surface area contributed by atoms with Crippen molar-refractivity contribution in [3.05, 3.63) is 23.6 Å². The Morgan fingerprint density at radius 2 is 1.90 bits per heavy atom. The number of hydrogen-bond acceptors (Lipinski definition) is 7. The maximum atomic E-state index is 4.72. The third-order valence-electron chi connectivity index (χ3n) is 3.07. The molecule has 114 valence electrons. The van der Waals surface area contributed by atoms with Crippen LogP contribution in [0, 0.1) is 6.92 Å². The molecule has 2 aromatic heterocycles. The topological polar surface area (TPSA) is 88.8 Å². The fourth-order valence-corrected chi connectivity index (χ4v) is 1.90. The second-order valence-corrected chi connectivity index (χ2v) is 5.11. The molecule has 2 aromatic rings. The summed E-state index contributed by atoms with van der Waals surface area (Å²) in [4.78, 5) is 13.2. The molecule has 7 heteroatoms. The Morgan fingerprint density at radius 3 is 2.48 bits per heavy atom. The van der Waals surface area contributed by atoms with Crippen LogP contribution in [0.25, 0.3) is 0 Å². The van der Waals surface area contributed by atoms with Gasteiger partial charge in [0.1, 0.15) is 17.5 Å². The van der Waals surface area contributed by atoms with Crippen LogP contribution in [0.5, 0.6) is 0 Å². The van der Waals surface area contributed by atoms with E-state index in [-0.39, 0.29) is 5.92 Å². The quantitative estimate of drug-likeness (QED) is 0.809. The lowest BCUT2D eigenvalue weighted by Gasteiger charge is -2.15. The minimum absolute atomic E-state index is 0.278. The first-order valence-corrected chi connectivity index (χ1v) is 7.23. The van der Waals surface area contributed by atoms with Gasteiger partial charge in [-0.3, -0.25) is 0 Å². The van der Waals surface area contributed by atoms with Gasteiger partial charge >= 0.3 is 0 Å². The Balaban J connectivity index is 2.12. The first kappa shape index (κ1) is 15.2. The van der Waals surface area contributed by atoms with Gasteiger partial charge in [-0.25, -0.2) is 9.97 Å². The zero-order valence-corrected chi connectivity index (χ0v) is 13.0. The molecule has 0 saturated heterocycles. The molecule has 0 aliphatic rings. The maximum Gasteiger partial charge on any atom is 0.213 e. The Morgan fingerprint density at radius 1 is 1.19 bits per heavy atom. The Bertz CT molecular complexity index is 567. The number of nitrogens with one attached hydrogen (secondary N) is 2. The van der Waals surface area contributed by atoms with Gasteiger partial charge in [-0.1, -0.05) is 19.0 Å². The lowest BCUT2D eigenvalue weighted by molar-refractivity contribution is 0.410. The molecule has 2 rings (SSSR count). The van der Waals surface area contributed by atoms with Crippen LogP contribution < -0.4 is 10.6 Å². The highest BCUT2D eigenvalue weighted by molar-refractivity contribution is 5.57. The molecule has 21 heavy (non-hydrogen) atoms. The van der Waals surface area contributed by atoms with Crippen molar-refractivity contribution in [2.24, 2.45) is 0 Å². The number of aromatic nitrogens is 4. The van der Waals surface area contributed by atoms with Crippen LogP contribution in [0.2, 0.25) is 0 Å². The molecule has 0 aromatic carbocycles. The van der Waals surface area contributed by atoms with Gasteiger partial charge in [0.2, 0.25) is 6.39 Å². The Labute approximate surface area is 124 Å². The monoisotopic (exact) mass is 290 g/mol. The smallest absolute Gasteiger partial charge is 0.213 e. The summed E-state index contributed by atoms with van der Waals surface area (Å²) < 4.78 is 4.72. The van der Waals surface area contributed by atoms with E-state index in [4.69, 9.17) is 4.52 Å². The Kier molecular flexibility index (Phi) is 5.08. The second kappa shape index (κ2) is 7.01. The molecule has 0 bridgehead atoms. The van der Waals surface area contributed by atoms with Gasteiger partial charge < -0.3 is 15.2 Å². The number of hydrogen-bond donors (Lipinski definition) is 2. The normalized spacial score (nSPS) is 10.9. The van der Waals surface area contributed by atoms with Crippen molar-refractivity contribution < 1.29 is 4.52 Å². The molecule has 7 nitrogen and oxygen atoms in total.